The van der Waals surface area contributed by atoms with Crippen molar-refractivity contribution < 1.29 is 5.21 Å². The SMILES string of the molecule is Cn1c(=O)n(O)c2nc(Cl)ncc21. The Labute approximate surface area is 77.0 Å². The second kappa shape index (κ2) is 2.46. The average Bonchev–Trinajstić information content (AvgIpc) is 2.32. The van der Waals surface area contributed by atoms with Gasteiger partial charge in [-0.1, -0.05) is 0 Å². The highest BCUT2D eigenvalue weighted by molar-refractivity contribution is 6.28. The van der Waals surface area contributed by atoms with Crippen LogP contribution in [0, 0.1) is 0 Å². The molecular formula is C6H5ClN4O2. The van der Waals surface area contributed by atoms with Gasteiger partial charge in [-0.25, -0.2) is 9.78 Å². The van der Waals surface area contributed by atoms with E-state index in [4.69, 9.17) is 11.6 Å². The Balaban J connectivity index is 3.04. The van der Waals surface area contributed by atoms with Gasteiger partial charge in [-0.05, 0) is 11.6 Å². The third kappa shape index (κ3) is 0.988. The molecule has 2 rings (SSSR count). The molecule has 0 spiro atoms. The third-order valence-electron chi connectivity index (χ3n) is 1.75. The minimum atomic E-state index is -0.577. The molecule has 2 heterocycles. The van der Waals surface area contributed by atoms with Gasteiger partial charge in [0.1, 0.15) is 5.52 Å². The molecule has 2 aromatic heterocycles. The standard InChI is InChI=1S/C6H5ClN4O2/c1-10-3-2-8-5(7)9-4(3)11(13)6(10)12/h2,13H,1H3. The summed E-state index contributed by atoms with van der Waals surface area (Å²) in [5.74, 6) is 0. The zero-order chi connectivity index (χ0) is 9.59. The Kier molecular flexibility index (Phi) is 1.53. The number of halogens is 1. The van der Waals surface area contributed by atoms with Gasteiger partial charge in [0.2, 0.25) is 10.9 Å². The molecule has 1 N–H and O–H groups in total. The summed E-state index contributed by atoms with van der Waals surface area (Å²) < 4.78 is 1.66. The summed E-state index contributed by atoms with van der Waals surface area (Å²) in [4.78, 5) is 18.6. The summed E-state index contributed by atoms with van der Waals surface area (Å²) in [6.07, 6.45) is 1.37. The molecule has 68 valence electrons. The van der Waals surface area contributed by atoms with Crippen LogP contribution in [0.5, 0.6) is 0 Å². The molecule has 0 fully saturated rings. The van der Waals surface area contributed by atoms with Crippen molar-refractivity contribution in [2.24, 2.45) is 7.05 Å². The zero-order valence-electron chi connectivity index (χ0n) is 6.60. The van der Waals surface area contributed by atoms with E-state index in [1.807, 2.05) is 0 Å². The van der Waals surface area contributed by atoms with Gasteiger partial charge in [0, 0.05) is 7.05 Å². The molecule has 0 amide bonds. The highest BCUT2D eigenvalue weighted by atomic mass is 35.5. The number of nitrogens with zero attached hydrogens (tertiary/aromatic N) is 4. The third-order valence-corrected chi connectivity index (χ3v) is 1.93. The van der Waals surface area contributed by atoms with Crippen LogP contribution in [-0.2, 0) is 7.05 Å². The highest BCUT2D eigenvalue weighted by Gasteiger charge is 2.11. The van der Waals surface area contributed by atoms with E-state index in [2.05, 4.69) is 9.97 Å². The Morgan fingerprint density at radius 1 is 1.62 bits per heavy atom. The predicted octanol–water partition coefficient (Wildman–Crippen LogP) is 0.0207. The lowest BCUT2D eigenvalue weighted by Crippen LogP contribution is -2.20. The van der Waals surface area contributed by atoms with Crippen LogP contribution < -0.4 is 5.69 Å². The second-order valence-corrected chi connectivity index (χ2v) is 2.84. The molecule has 0 saturated heterocycles. The van der Waals surface area contributed by atoms with Crippen LogP contribution in [0.4, 0.5) is 0 Å². The maximum absolute atomic E-state index is 11.2. The summed E-state index contributed by atoms with van der Waals surface area (Å²) in [5, 5.41) is 9.22. The van der Waals surface area contributed by atoms with Crippen LogP contribution in [0.2, 0.25) is 5.28 Å². The van der Waals surface area contributed by atoms with Crippen molar-refractivity contribution in [3.8, 4) is 0 Å². The van der Waals surface area contributed by atoms with Gasteiger partial charge < -0.3 is 5.21 Å². The van der Waals surface area contributed by atoms with Gasteiger partial charge in [0.25, 0.3) is 0 Å². The highest BCUT2D eigenvalue weighted by Crippen LogP contribution is 2.09. The minimum absolute atomic E-state index is 0.0131. The lowest BCUT2D eigenvalue weighted by atomic mass is 10.5. The van der Waals surface area contributed by atoms with Crippen molar-refractivity contribution in [1.29, 1.82) is 0 Å². The number of fused-ring (bicyclic) bond motifs is 1. The predicted molar refractivity (Wildman–Crippen MR) is 45.0 cm³/mol. The van der Waals surface area contributed by atoms with Crippen molar-refractivity contribution in [2.75, 3.05) is 0 Å². The number of hydrogen-bond donors (Lipinski definition) is 1. The van der Waals surface area contributed by atoms with E-state index in [1.165, 1.54) is 17.8 Å². The first-order valence-corrected chi connectivity index (χ1v) is 3.78. The van der Waals surface area contributed by atoms with Gasteiger partial charge >= 0.3 is 5.69 Å². The van der Waals surface area contributed by atoms with Crippen molar-refractivity contribution >= 4 is 22.8 Å². The molecule has 2 aromatic rings. The maximum Gasteiger partial charge on any atom is 0.363 e. The van der Waals surface area contributed by atoms with Crippen molar-refractivity contribution in [1.82, 2.24) is 19.3 Å². The van der Waals surface area contributed by atoms with E-state index >= 15 is 0 Å². The minimum Gasteiger partial charge on any atom is -0.422 e. The van der Waals surface area contributed by atoms with E-state index in [-0.39, 0.29) is 10.9 Å². The summed E-state index contributed by atoms with van der Waals surface area (Å²) in [5.41, 5.74) is -0.0454. The molecule has 0 aliphatic heterocycles. The molecule has 0 atom stereocenters. The Morgan fingerprint density at radius 2 is 2.31 bits per heavy atom. The van der Waals surface area contributed by atoms with Crippen LogP contribution in [-0.4, -0.2) is 24.5 Å². The summed E-state index contributed by atoms with van der Waals surface area (Å²) in [6.45, 7) is 0. The van der Waals surface area contributed by atoms with Gasteiger partial charge in [-0.3, -0.25) is 4.57 Å². The quantitative estimate of drug-likeness (QED) is 0.481. The first-order valence-electron chi connectivity index (χ1n) is 3.40. The van der Waals surface area contributed by atoms with Gasteiger partial charge in [-0.2, -0.15) is 4.98 Å². The Bertz CT molecular complexity index is 529. The molecule has 0 bridgehead atoms. The normalized spacial score (nSPS) is 10.9. The van der Waals surface area contributed by atoms with E-state index in [0.717, 1.165) is 0 Å². The second-order valence-electron chi connectivity index (χ2n) is 2.50. The fourth-order valence-electron chi connectivity index (χ4n) is 1.07. The van der Waals surface area contributed by atoms with Crippen LogP contribution in [0.25, 0.3) is 11.2 Å². The topological polar surface area (TPSA) is 72.9 Å². The summed E-state index contributed by atoms with van der Waals surface area (Å²) >= 11 is 5.49. The molecular weight excluding hydrogens is 196 g/mol. The number of imidazole rings is 1. The summed E-state index contributed by atoms with van der Waals surface area (Å²) in [7, 11) is 1.51. The molecule has 13 heavy (non-hydrogen) atoms. The summed E-state index contributed by atoms with van der Waals surface area (Å²) in [6, 6.07) is 0. The fourth-order valence-corrected chi connectivity index (χ4v) is 1.20. The number of hydrogen-bond acceptors (Lipinski definition) is 4. The molecule has 0 aromatic carbocycles. The van der Waals surface area contributed by atoms with E-state index in [0.29, 0.717) is 10.2 Å². The largest absolute Gasteiger partial charge is 0.422 e. The Hall–Kier alpha value is -1.56. The Morgan fingerprint density at radius 3 is 3.00 bits per heavy atom. The molecule has 0 aliphatic carbocycles. The van der Waals surface area contributed by atoms with Crippen LogP contribution in [0.15, 0.2) is 11.0 Å². The van der Waals surface area contributed by atoms with Crippen LogP contribution in [0.1, 0.15) is 0 Å². The average molecular weight is 201 g/mol. The molecule has 0 aliphatic rings. The van der Waals surface area contributed by atoms with E-state index < -0.39 is 5.69 Å². The van der Waals surface area contributed by atoms with Gasteiger partial charge in [0.15, 0.2) is 0 Å². The molecule has 7 heteroatoms. The number of aryl methyl sites for hydroxylation is 1. The smallest absolute Gasteiger partial charge is 0.363 e. The number of aromatic nitrogens is 4. The van der Waals surface area contributed by atoms with Crippen molar-refractivity contribution in [3.63, 3.8) is 0 Å². The van der Waals surface area contributed by atoms with Crippen molar-refractivity contribution in [3.05, 3.63) is 22.0 Å². The van der Waals surface area contributed by atoms with Crippen LogP contribution in [0.3, 0.4) is 0 Å². The first kappa shape index (κ1) is 8.06. The molecule has 0 radical (unpaired) electrons. The monoisotopic (exact) mass is 200 g/mol. The molecule has 0 saturated carbocycles. The van der Waals surface area contributed by atoms with Crippen molar-refractivity contribution in [2.45, 2.75) is 0 Å². The zero-order valence-corrected chi connectivity index (χ0v) is 7.36. The van der Waals surface area contributed by atoms with Gasteiger partial charge in [-0.15, -0.1) is 4.73 Å². The van der Waals surface area contributed by atoms with Gasteiger partial charge in [0.05, 0.1) is 6.20 Å². The lowest BCUT2D eigenvalue weighted by Gasteiger charge is -1.91. The van der Waals surface area contributed by atoms with E-state index in [9.17, 15) is 10.0 Å². The van der Waals surface area contributed by atoms with Crippen LogP contribution >= 0.6 is 11.6 Å². The lowest BCUT2D eigenvalue weighted by molar-refractivity contribution is 0.183. The number of rotatable bonds is 0. The molecule has 6 nitrogen and oxygen atoms in total. The maximum atomic E-state index is 11.2. The fraction of sp³-hybridized carbons (Fsp3) is 0.167. The van der Waals surface area contributed by atoms with E-state index in [1.54, 1.807) is 0 Å². The molecule has 0 unspecified atom stereocenters. The first-order chi connectivity index (χ1) is 6.11.